The molecular weight excluding hydrogens is 306 g/mol. The summed E-state index contributed by atoms with van der Waals surface area (Å²) in [7, 11) is 0. The Morgan fingerprint density at radius 2 is 2.00 bits per heavy atom. The van der Waals surface area contributed by atoms with E-state index in [0.29, 0.717) is 17.7 Å². The molecule has 0 bridgehead atoms. The van der Waals surface area contributed by atoms with Crippen LogP contribution in [0, 0.1) is 11.3 Å². The maximum Gasteiger partial charge on any atom is 0.165 e. The van der Waals surface area contributed by atoms with Crippen LogP contribution in [0.1, 0.15) is 60.9 Å². The van der Waals surface area contributed by atoms with Crippen LogP contribution in [0.4, 0.5) is 0 Å². The van der Waals surface area contributed by atoms with Gasteiger partial charge in [0.15, 0.2) is 5.78 Å². The summed E-state index contributed by atoms with van der Waals surface area (Å²) >= 11 is 0. The molecule has 6 nitrogen and oxygen atoms in total. The number of rotatable bonds is 2. The Kier molecular flexibility index (Phi) is 3.51. The Labute approximate surface area is 141 Å². The Balaban J connectivity index is 1.79. The molecule has 0 radical (unpaired) electrons. The molecule has 0 saturated heterocycles. The van der Waals surface area contributed by atoms with Crippen LogP contribution in [-0.2, 0) is 4.84 Å². The van der Waals surface area contributed by atoms with Gasteiger partial charge in [-0.25, -0.2) is 5.90 Å². The minimum Gasteiger partial charge on any atom is -0.412 e. The molecule has 3 aliphatic rings. The van der Waals surface area contributed by atoms with Crippen molar-refractivity contribution in [2.45, 2.75) is 56.6 Å². The zero-order chi connectivity index (χ0) is 17.1. The van der Waals surface area contributed by atoms with Crippen LogP contribution >= 0.6 is 0 Å². The van der Waals surface area contributed by atoms with Gasteiger partial charge in [0.05, 0.1) is 6.10 Å². The van der Waals surface area contributed by atoms with Crippen molar-refractivity contribution in [3.8, 4) is 5.75 Å². The van der Waals surface area contributed by atoms with E-state index in [2.05, 4.69) is 6.92 Å². The number of hydrogen-bond donors (Lipinski definition) is 3. The summed E-state index contributed by atoms with van der Waals surface area (Å²) in [6, 6.07) is 5.51. The fraction of sp³-hybridized carbons (Fsp3) is 0.611. The second-order valence-electron chi connectivity index (χ2n) is 7.93. The van der Waals surface area contributed by atoms with E-state index in [1.807, 2.05) is 12.1 Å². The van der Waals surface area contributed by atoms with E-state index in [-0.39, 0.29) is 29.1 Å². The number of fused-ring (bicyclic) bond motifs is 5. The third-order valence-electron chi connectivity index (χ3n) is 6.99. The third-order valence-corrected chi connectivity index (χ3v) is 6.99. The first-order chi connectivity index (χ1) is 11.4. The van der Waals surface area contributed by atoms with Crippen molar-refractivity contribution in [1.29, 1.82) is 0 Å². The lowest BCUT2D eigenvalue weighted by atomic mass is 9.51. The average Bonchev–Trinajstić information content (AvgIpc) is 2.92. The molecule has 5 atom stereocenters. The molecule has 6 heteroatoms. The summed E-state index contributed by atoms with van der Waals surface area (Å²) in [5.41, 5.74) is 8.11. The van der Waals surface area contributed by atoms with Gasteiger partial charge in [0.2, 0.25) is 0 Å². The lowest BCUT2D eigenvalue weighted by Gasteiger charge is -2.56. The van der Waals surface area contributed by atoms with Crippen LogP contribution < -0.4 is 22.4 Å². The fourth-order valence-electron chi connectivity index (χ4n) is 5.83. The summed E-state index contributed by atoms with van der Waals surface area (Å²) < 4.78 is 0. The van der Waals surface area contributed by atoms with Crippen molar-refractivity contribution >= 4 is 5.78 Å². The van der Waals surface area contributed by atoms with Crippen LogP contribution in [0.5, 0.6) is 5.75 Å². The van der Waals surface area contributed by atoms with E-state index >= 15 is 0 Å². The Hall–Kier alpha value is -1.47. The zero-order valence-corrected chi connectivity index (χ0v) is 14.0. The van der Waals surface area contributed by atoms with Crippen molar-refractivity contribution in [3.05, 3.63) is 29.3 Å². The van der Waals surface area contributed by atoms with Crippen LogP contribution in [0.2, 0.25) is 0 Å². The highest BCUT2D eigenvalue weighted by Gasteiger charge is 2.62. The number of Topliss-reactive ketones (excluding diaryl/α,β-unsaturated/α-hetero) is 1. The standard InChI is InChI=1S/C18H25N3O3/c1-17-7-6-13-11-3-2-10(23-20)8-12(11)14(22)9-18(13,19)15(17)4-5-16(17)24-21/h2-3,8,13,15-16H,4-7,9,19-21H2,1H3. The predicted octanol–water partition coefficient (Wildman–Crippen LogP) is 1.78. The van der Waals surface area contributed by atoms with E-state index in [9.17, 15) is 4.79 Å². The first-order valence-electron chi connectivity index (χ1n) is 8.62. The van der Waals surface area contributed by atoms with Crippen molar-refractivity contribution in [1.82, 2.24) is 0 Å². The molecule has 1 aromatic carbocycles. The maximum atomic E-state index is 12.8. The quantitative estimate of drug-likeness (QED) is 0.712. The lowest BCUT2D eigenvalue weighted by molar-refractivity contribution is -0.0706. The second kappa shape index (κ2) is 5.26. The summed E-state index contributed by atoms with van der Waals surface area (Å²) in [4.78, 5) is 22.9. The molecule has 2 saturated carbocycles. The van der Waals surface area contributed by atoms with Gasteiger partial charge in [0, 0.05) is 28.9 Å². The molecule has 4 rings (SSSR count). The number of carbonyl (C=O) groups is 1. The highest BCUT2D eigenvalue weighted by Crippen LogP contribution is 2.62. The molecule has 0 amide bonds. The monoisotopic (exact) mass is 331 g/mol. The summed E-state index contributed by atoms with van der Waals surface area (Å²) in [6.07, 6.45) is 4.19. The summed E-state index contributed by atoms with van der Waals surface area (Å²) in [6.45, 7) is 2.22. The van der Waals surface area contributed by atoms with Crippen molar-refractivity contribution in [2.75, 3.05) is 0 Å². The maximum absolute atomic E-state index is 12.8. The molecule has 0 spiro atoms. The van der Waals surface area contributed by atoms with E-state index < -0.39 is 5.54 Å². The van der Waals surface area contributed by atoms with Gasteiger partial charge in [-0.15, -0.1) is 0 Å². The first-order valence-corrected chi connectivity index (χ1v) is 8.62. The third kappa shape index (κ3) is 1.94. The Morgan fingerprint density at radius 1 is 1.21 bits per heavy atom. The van der Waals surface area contributed by atoms with Crippen LogP contribution in [0.15, 0.2) is 18.2 Å². The Bertz CT molecular complexity index is 694. The normalized spacial score (nSPS) is 40.7. The predicted molar refractivity (Wildman–Crippen MR) is 89.0 cm³/mol. The molecule has 0 aromatic heterocycles. The smallest absolute Gasteiger partial charge is 0.165 e. The summed E-state index contributed by atoms with van der Waals surface area (Å²) in [5, 5.41) is 0. The molecule has 0 heterocycles. The Morgan fingerprint density at radius 3 is 2.71 bits per heavy atom. The SMILES string of the molecule is CC12CCC3c4ccc(ON)cc4C(=O)CC3(N)C1CCC2ON. The van der Waals surface area contributed by atoms with Crippen LogP contribution in [0.25, 0.3) is 0 Å². The van der Waals surface area contributed by atoms with Crippen molar-refractivity contribution in [2.24, 2.45) is 28.9 Å². The van der Waals surface area contributed by atoms with Gasteiger partial charge in [-0.2, -0.15) is 5.90 Å². The topological polar surface area (TPSA) is 114 Å². The molecular formula is C18H25N3O3. The van der Waals surface area contributed by atoms with E-state index in [1.165, 1.54) is 0 Å². The molecule has 1 aromatic rings. The molecule has 2 fully saturated rings. The van der Waals surface area contributed by atoms with Gasteiger partial charge in [0.1, 0.15) is 5.75 Å². The number of ketones is 1. The highest BCUT2D eigenvalue weighted by molar-refractivity contribution is 6.00. The molecule has 5 unspecified atom stereocenters. The molecule has 24 heavy (non-hydrogen) atoms. The summed E-state index contributed by atoms with van der Waals surface area (Å²) in [5.74, 6) is 11.8. The number of benzene rings is 1. The second-order valence-corrected chi connectivity index (χ2v) is 7.93. The molecule has 130 valence electrons. The highest BCUT2D eigenvalue weighted by atomic mass is 16.6. The average molecular weight is 331 g/mol. The van der Waals surface area contributed by atoms with E-state index in [1.54, 1.807) is 6.07 Å². The molecule has 6 N–H and O–H groups in total. The number of nitrogens with two attached hydrogens (primary N) is 3. The number of hydrogen-bond acceptors (Lipinski definition) is 6. The fourth-order valence-corrected chi connectivity index (χ4v) is 5.83. The van der Waals surface area contributed by atoms with Crippen molar-refractivity contribution < 1.29 is 14.5 Å². The minimum atomic E-state index is -0.532. The van der Waals surface area contributed by atoms with Gasteiger partial charge in [-0.3, -0.25) is 4.79 Å². The van der Waals surface area contributed by atoms with Gasteiger partial charge in [-0.1, -0.05) is 13.0 Å². The van der Waals surface area contributed by atoms with Gasteiger partial charge < -0.3 is 15.4 Å². The molecule has 3 aliphatic carbocycles. The van der Waals surface area contributed by atoms with E-state index in [0.717, 1.165) is 31.2 Å². The van der Waals surface area contributed by atoms with Crippen molar-refractivity contribution in [3.63, 3.8) is 0 Å². The first kappa shape index (κ1) is 16.0. The van der Waals surface area contributed by atoms with Gasteiger partial charge in [-0.05, 0) is 49.3 Å². The minimum absolute atomic E-state index is 0.0217. The zero-order valence-electron chi connectivity index (χ0n) is 14.0. The van der Waals surface area contributed by atoms with E-state index in [4.69, 9.17) is 27.2 Å². The van der Waals surface area contributed by atoms with Crippen LogP contribution in [-0.4, -0.2) is 17.4 Å². The largest absolute Gasteiger partial charge is 0.412 e. The lowest BCUT2D eigenvalue weighted by Crippen LogP contribution is -2.62. The van der Waals surface area contributed by atoms with Gasteiger partial charge >= 0.3 is 0 Å². The molecule has 0 aliphatic heterocycles. The van der Waals surface area contributed by atoms with Crippen LogP contribution in [0.3, 0.4) is 0 Å². The van der Waals surface area contributed by atoms with Gasteiger partial charge in [0.25, 0.3) is 0 Å². The number of carbonyl (C=O) groups excluding carboxylic acids is 1.